The number of carbonyl (C=O) groups is 1. The minimum Gasteiger partial charge on any atom is -0.477 e. The summed E-state index contributed by atoms with van der Waals surface area (Å²) >= 11 is 0. The highest BCUT2D eigenvalue weighted by Gasteiger charge is 2.25. The molecule has 1 aromatic carbocycles. The van der Waals surface area contributed by atoms with Crippen molar-refractivity contribution >= 4 is 5.97 Å². The smallest absolute Gasteiger partial charge is 0.341 e. The Labute approximate surface area is 145 Å². The van der Waals surface area contributed by atoms with Crippen molar-refractivity contribution < 1.29 is 14.3 Å². The number of pyridine rings is 1. The number of carboxylic acid groups (broad SMARTS) is 1. The molecule has 1 aliphatic heterocycles. The first-order valence-electron chi connectivity index (χ1n) is 8.38. The van der Waals surface area contributed by atoms with Crippen LogP contribution in [-0.4, -0.2) is 33.6 Å². The van der Waals surface area contributed by atoms with Crippen molar-refractivity contribution in [1.29, 1.82) is 0 Å². The highest BCUT2D eigenvalue weighted by Crippen LogP contribution is 2.23. The lowest BCUT2D eigenvalue weighted by molar-refractivity contribution is 0.0692. The van der Waals surface area contributed by atoms with Gasteiger partial charge in [0.2, 0.25) is 0 Å². The Morgan fingerprint density at radius 3 is 2.80 bits per heavy atom. The van der Waals surface area contributed by atoms with Crippen molar-refractivity contribution in [3.05, 3.63) is 69.4 Å². The van der Waals surface area contributed by atoms with Crippen LogP contribution >= 0.6 is 0 Å². The average Bonchev–Trinajstić information content (AvgIpc) is 2.57. The molecule has 132 valence electrons. The fourth-order valence-electron chi connectivity index (χ4n) is 3.46. The molecule has 25 heavy (non-hydrogen) atoms. The monoisotopic (exact) mass is 344 g/mol. The molecule has 0 spiro atoms. The minimum absolute atomic E-state index is 0.105. The van der Waals surface area contributed by atoms with Gasteiger partial charge in [0.1, 0.15) is 11.4 Å². The summed E-state index contributed by atoms with van der Waals surface area (Å²) < 4.78 is 15.4. The Balaban J connectivity index is 1.83. The van der Waals surface area contributed by atoms with E-state index < -0.39 is 11.5 Å². The Bertz CT molecular complexity index is 847. The van der Waals surface area contributed by atoms with Gasteiger partial charge >= 0.3 is 5.97 Å². The highest BCUT2D eigenvalue weighted by atomic mass is 19.1. The number of aromatic nitrogens is 1. The van der Waals surface area contributed by atoms with Crippen molar-refractivity contribution in [2.24, 2.45) is 0 Å². The van der Waals surface area contributed by atoms with Gasteiger partial charge in [-0.3, -0.25) is 9.69 Å². The molecule has 3 rings (SSSR count). The van der Waals surface area contributed by atoms with Crippen LogP contribution in [0.4, 0.5) is 4.39 Å². The van der Waals surface area contributed by atoms with Crippen molar-refractivity contribution in [3.63, 3.8) is 0 Å². The van der Waals surface area contributed by atoms with Gasteiger partial charge in [-0.2, -0.15) is 0 Å². The first kappa shape index (κ1) is 17.4. The number of benzene rings is 1. The first-order chi connectivity index (χ1) is 12.0. The second kappa shape index (κ2) is 7.19. The van der Waals surface area contributed by atoms with Gasteiger partial charge in [0, 0.05) is 30.9 Å². The number of aryl methyl sites for hydroxylation is 1. The van der Waals surface area contributed by atoms with Crippen LogP contribution in [0, 0.1) is 12.7 Å². The molecule has 1 aromatic heterocycles. The fourth-order valence-corrected chi connectivity index (χ4v) is 3.46. The van der Waals surface area contributed by atoms with Gasteiger partial charge in [-0.15, -0.1) is 0 Å². The molecule has 1 atom stereocenters. The summed E-state index contributed by atoms with van der Waals surface area (Å²) in [4.78, 5) is 26.0. The molecule has 0 aliphatic carbocycles. The molecule has 1 unspecified atom stereocenters. The third-order valence-corrected chi connectivity index (χ3v) is 4.77. The Hall–Kier alpha value is -2.47. The molecule has 1 saturated heterocycles. The van der Waals surface area contributed by atoms with Gasteiger partial charge < -0.3 is 9.67 Å². The quantitative estimate of drug-likeness (QED) is 0.926. The topological polar surface area (TPSA) is 62.5 Å². The van der Waals surface area contributed by atoms with E-state index in [-0.39, 0.29) is 17.4 Å². The minimum atomic E-state index is -1.20. The lowest BCUT2D eigenvalue weighted by atomic mass is 10.0. The first-order valence-corrected chi connectivity index (χ1v) is 8.38. The van der Waals surface area contributed by atoms with E-state index in [1.165, 1.54) is 10.6 Å². The lowest BCUT2D eigenvalue weighted by Gasteiger charge is -2.34. The Morgan fingerprint density at radius 2 is 2.08 bits per heavy atom. The van der Waals surface area contributed by atoms with E-state index >= 15 is 0 Å². The molecule has 1 fully saturated rings. The Kier molecular flexibility index (Phi) is 4.99. The maximum absolute atomic E-state index is 13.9. The summed E-state index contributed by atoms with van der Waals surface area (Å²) in [6, 6.07) is 8.24. The highest BCUT2D eigenvalue weighted by molar-refractivity contribution is 5.88. The molecule has 0 bridgehead atoms. The zero-order valence-corrected chi connectivity index (χ0v) is 14.1. The number of likely N-dealkylation sites (tertiary alicyclic amines) is 1. The number of rotatable bonds is 4. The zero-order chi connectivity index (χ0) is 18.0. The molecule has 1 aliphatic rings. The largest absolute Gasteiger partial charge is 0.477 e. The van der Waals surface area contributed by atoms with Crippen LogP contribution < -0.4 is 5.56 Å². The third kappa shape index (κ3) is 3.64. The molecule has 5 nitrogen and oxygen atoms in total. The third-order valence-electron chi connectivity index (χ3n) is 4.77. The molecule has 2 aromatic rings. The van der Waals surface area contributed by atoms with Gasteiger partial charge in [-0.25, -0.2) is 9.18 Å². The standard InChI is InChI=1S/C19H21FN2O3/c1-13-8-10-22(18(23)17(13)19(24)25)15-6-4-9-21(12-15)11-14-5-2-3-7-16(14)20/h2-3,5,7-8,10,15H,4,6,9,11-12H2,1H3,(H,24,25). The molecule has 0 radical (unpaired) electrons. The summed E-state index contributed by atoms with van der Waals surface area (Å²) in [5.41, 5.74) is 0.456. The van der Waals surface area contributed by atoms with E-state index in [2.05, 4.69) is 4.90 Å². The number of hydrogen-bond acceptors (Lipinski definition) is 3. The van der Waals surface area contributed by atoms with Crippen LogP contribution in [-0.2, 0) is 6.54 Å². The SMILES string of the molecule is Cc1ccn(C2CCCN(Cc3ccccc3F)C2)c(=O)c1C(=O)O. The van der Waals surface area contributed by atoms with Crippen molar-refractivity contribution in [1.82, 2.24) is 9.47 Å². The van der Waals surface area contributed by atoms with E-state index in [1.54, 1.807) is 31.3 Å². The number of aromatic carboxylic acids is 1. The van der Waals surface area contributed by atoms with Gasteiger partial charge in [-0.1, -0.05) is 18.2 Å². The fraction of sp³-hybridized carbons (Fsp3) is 0.368. The van der Waals surface area contributed by atoms with Gasteiger partial charge in [0.25, 0.3) is 5.56 Å². The molecular formula is C19H21FN2O3. The maximum atomic E-state index is 13.9. The van der Waals surface area contributed by atoms with Crippen LogP contribution in [0.3, 0.4) is 0 Å². The number of piperidine rings is 1. The zero-order valence-electron chi connectivity index (χ0n) is 14.1. The predicted octanol–water partition coefficient (Wildman–Crippen LogP) is 2.83. The molecular weight excluding hydrogens is 323 g/mol. The molecule has 0 saturated carbocycles. The second-order valence-corrected chi connectivity index (χ2v) is 6.51. The van der Waals surface area contributed by atoms with Gasteiger partial charge in [0.15, 0.2) is 0 Å². The number of nitrogens with zero attached hydrogens (tertiary/aromatic N) is 2. The lowest BCUT2D eigenvalue weighted by Crippen LogP contribution is -2.40. The average molecular weight is 344 g/mol. The summed E-state index contributed by atoms with van der Waals surface area (Å²) in [5, 5.41) is 9.28. The molecule has 2 heterocycles. The van der Waals surface area contributed by atoms with E-state index in [1.807, 2.05) is 6.07 Å². The normalized spacial score (nSPS) is 18.2. The second-order valence-electron chi connectivity index (χ2n) is 6.51. The molecule has 0 amide bonds. The van der Waals surface area contributed by atoms with Gasteiger partial charge in [-0.05, 0) is 44.0 Å². The van der Waals surface area contributed by atoms with Crippen LogP contribution in [0.2, 0.25) is 0 Å². The molecule has 6 heteroatoms. The summed E-state index contributed by atoms with van der Waals surface area (Å²) in [6.07, 6.45) is 3.35. The number of halogens is 1. The summed E-state index contributed by atoms with van der Waals surface area (Å²) in [5.74, 6) is -1.43. The van der Waals surface area contributed by atoms with Crippen LogP contribution in [0.1, 0.15) is 40.4 Å². The van der Waals surface area contributed by atoms with E-state index in [9.17, 15) is 19.1 Å². The van der Waals surface area contributed by atoms with E-state index in [0.717, 1.165) is 19.4 Å². The summed E-state index contributed by atoms with van der Waals surface area (Å²) in [6.45, 7) is 3.53. The van der Waals surface area contributed by atoms with Gasteiger partial charge in [0.05, 0.1) is 0 Å². The van der Waals surface area contributed by atoms with E-state index in [4.69, 9.17) is 0 Å². The van der Waals surface area contributed by atoms with Crippen LogP contribution in [0.15, 0.2) is 41.3 Å². The van der Waals surface area contributed by atoms with E-state index in [0.29, 0.717) is 24.2 Å². The predicted molar refractivity (Wildman–Crippen MR) is 92.3 cm³/mol. The number of carboxylic acids is 1. The maximum Gasteiger partial charge on any atom is 0.341 e. The molecule has 1 N–H and O–H groups in total. The van der Waals surface area contributed by atoms with Crippen LogP contribution in [0.25, 0.3) is 0 Å². The summed E-state index contributed by atoms with van der Waals surface area (Å²) in [7, 11) is 0. The van der Waals surface area contributed by atoms with Crippen LogP contribution in [0.5, 0.6) is 0 Å². The number of hydrogen-bond donors (Lipinski definition) is 1. The van der Waals surface area contributed by atoms with Crippen molar-refractivity contribution in [3.8, 4) is 0 Å². The van der Waals surface area contributed by atoms with Crippen molar-refractivity contribution in [2.45, 2.75) is 32.4 Å². The van der Waals surface area contributed by atoms with Crippen molar-refractivity contribution in [2.75, 3.05) is 13.1 Å². The Morgan fingerprint density at radius 1 is 1.32 bits per heavy atom.